The maximum Gasteiger partial charge on any atom is 0.337 e. The fourth-order valence-electron chi connectivity index (χ4n) is 6.56. The Balaban J connectivity index is 0.990. The van der Waals surface area contributed by atoms with Crippen LogP contribution in [0.25, 0.3) is 21.3 Å². The molecule has 0 N–H and O–H groups in total. The van der Waals surface area contributed by atoms with Gasteiger partial charge < -0.3 is 23.5 Å². The molecule has 0 bridgehead atoms. The Morgan fingerprint density at radius 1 is 1.02 bits per heavy atom. The summed E-state index contributed by atoms with van der Waals surface area (Å²) in [6, 6.07) is 20.1. The Bertz CT molecular complexity index is 1810. The third-order valence-electron chi connectivity index (χ3n) is 9.07. The number of ether oxygens (including phenoxy) is 4. The van der Waals surface area contributed by atoms with E-state index in [1.54, 1.807) is 17.4 Å². The van der Waals surface area contributed by atoms with Crippen LogP contribution in [0, 0.1) is 0 Å². The lowest BCUT2D eigenvalue weighted by Crippen LogP contribution is -2.35. The number of imidazole rings is 1. The van der Waals surface area contributed by atoms with Crippen molar-refractivity contribution >= 4 is 38.6 Å². The molecular weight excluding hydrogens is 576 g/mol. The van der Waals surface area contributed by atoms with Crippen molar-refractivity contribution in [1.29, 1.82) is 0 Å². The van der Waals surface area contributed by atoms with Crippen LogP contribution in [0.2, 0.25) is 0 Å². The van der Waals surface area contributed by atoms with Gasteiger partial charge in [0.15, 0.2) is 17.6 Å². The predicted molar refractivity (Wildman–Crippen MR) is 168 cm³/mol. The molecule has 0 spiro atoms. The molecule has 2 atom stereocenters. The number of carbonyl (C=O) groups is 1. The van der Waals surface area contributed by atoms with Crippen LogP contribution in [-0.4, -0.2) is 64.9 Å². The number of hydrogen-bond donors (Lipinski definition) is 0. The molecule has 44 heavy (non-hydrogen) atoms. The van der Waals surface area contributed by atoms with Crippen molar-refractivity contribution in [3.63, 3.8) is 0 Å². The van der Waals surface area contributed by atoms with Crippen LogP contribution in [-0.2, 0) is 22.6 Å². The highest BCUT2D eigenvalue weighted by atomic mass is 32.1. The largest absolute Gasteiger partial charge is 0.485 e. The third kappa shape index (κ3) is 5.10. The number of piperidine rings is 1. The van der Waals surface area contributed by atoms with Crippen molar-refractivity contribution in [2.75, 3.05) is 33.4 Å². The zero-order valence-electron chi connectivity index (χ0n) is 24.6. The summed E-state index contributed by atoms with van der Waals surface area (Å²) in [5.74, 6) is 2.73. The van der Waals surface area contributed by atoms with Crippen LogP contribution in [0.5, 0.6) is 11.5 Å². The number of benzene rings is 3. The molecule has 3 aliphatic rings. The molecule has 2 fully saturated rings. The van der Waals surface area contributed by atoms with Gasteiger partial charge in [0.1, 0.15) is 17.4 Å². The van der Waals surface area contributed by atoms with Gasteiger partial charge in [0, 0.05) is 12.2 Å². The summed E-state index contributed by atoms with van der Waals surface area (Å²) < 4.78 is 27.0. The highest BCUT2D eigenvalue weighted by molar-refractivity contribution is 7.18. The van der Waals surface area contributed by atoms with Crippen molar-refractivity contribution in [2.24, 2.45) is 0 Å². The molecule has 5 aromatic rings. The monoisotopic (exact) mass is 610 g/mol. The van der Waals surface area contributed by atoms with Crippen molar-refractivity contribution in [3.05, 3.63) is 82.6 Å². The average Bonchev–Trinajstić information content (AvgIpc) is 3.63. The highest BCUT2D eigenvalue weighted by Gasteiger charge is 2.32. The fourth-order valence-corrected chi connectivity index (χ4v) is 7.54. The van der Waals surface area contributed by atoms with Crippen LogP contribution >= 0.6 is 11.3 Å². The molecule has 3 aromatic carbocycles. The molecule has 0 amide bonds. The summed E-state index contributed by atoms with van der Waals surface area (Å²) >= 11 is 1.67. The summed E-state index contributed by atoms with van der Waals surface area (Å²) in [6.07, 6.45) is 3.03. The van der Waals surface area contributed by atoms with E-state index < -0.39 is 0 Å². The van der Waals surface area contributed by atoms with Gasteiger partial charge in [-0.25, -0.2) is 14.8 Å². The first kappa shape index (κ1) is 27.6. The second-order valence-electron chi connectivity index (χ2n) is 11.8. The molecule has 9 nitrogen and oxygen atoms in total. The number of nitrogens with zero attached hydrogens (tertiary/aromatic N) is 4. The first-order valence-corrected chi connectivity index (χ1v) is 16.1. The highest BCUT2D eigenvalue weighted by Crippen LogP contribution is 2.45. The summed E-state index contributed by atoms with van der Waals surface area (Å²) in [4.78, 5) is 24.6. The van der Waals surface area contributed by atoms with E-state index in [1.165, 1.54) is 12.7 Å². The number of para-hydroxylation sites is 2. The Morgan fingerprint density at radius 3 is 2.68 bits per heavy atom. The van der Waals surface area contributed by atoms with Crippen LogP contribution in [0.15, 0.2) is 60.7 Å². The number of esters is 1. The molecule has 2 aromatic heterocycles. The Morgan fingerprint density at radius 2 is 1.89 bits per heavy atom. The van der Waals surface area contributed by atoms with Gasteiger partial charge in [0.25, 0.3) is 0 Å². The number of aromatic nitrogens is 3. The van der Waals surface area contributed by atoms with Crippen molar-refractivity contribution in [2.45, 2.75) is 50.5 Å². The van der Waals surface area contributed by atoms with Gasteiger partial charge in [0.2, 0.25) is 0 Å². The average molecular weight is 611 g/mol. The maximum absolute atomic E-state index is 12.2. The summed E-state index contributed by atoms with van der Waals surface area (Å²) in [5.41, 5.74) is 4.59. The summed E-state index contributed by atoms with van der Waals surface area (Å²) in [5, 5.41) is 0.954. The van der Waals surface area contributed by atoms with Gasteiger partial charge in [-0.15, -0.1) is 11.3 Å². The number of fused-ring (bicyclic) bond motifs is 3. The number of rotatable bonds is 7. The van der Waals surface area contributed by atoms with E-state index in [2.05, 4.69) is 27.7 Å². The maximum atomic E-state index is 12.2. The van der Waals surface area contributed by atoms with Gasteiger partial charge in [-0.2, -0.15) is 0 Å². The minimum atomic E-state index is -0.341. The van der Waals surface area contributed by atoms with Crippen LogP contribution in [0.4, 0.5) is 0 Å². The normalized spacial score (nSPS) is 20.6. The van der Waals surface area contributed by atoms with E-state index in [0.717, 1.165) is 95.6 Å². The molecule has 3 aliphatic heterocycles. The topological polar surface area (TPSA) is 87.9 Å². The van der Waals surface area contributed by atoms with E-state index in [9.17, 15) is 4.79 Å². The Labute approximate surface area is 259 Å². The zero-order valence-corrected chi connectivity index (χ0v) is 25.4. The standard InChI is InChI=1S/C34H34N4O5S/c1-40-34(39)22-9-10-25-27(17-22)38(18-23-13-16-41-23)31(35-25)19-37-14-11-21(12-15-37)24-5-4-7-28-32(24)43-29(20-42-28)33-36-26-6-2-3-8-30(26)44-33/h2-10,17,21,23,29H,11-16,18-20H2,1H3/t23-,29-/m0/s1. The lowest BCUT2D eigenvalue weighted by atomic mass is 9.88. The van der Waals surface area contributed by atoms with Crippen molar-refractivity contribution < 1.29 is 23.7 Å². The second-order valence-corrected chi connectivity index (χ2v) is 12.8. The summed E-state index contributed by atoms with van der Waals surface area (Å²) in [7, 11) is 1.41. The number of likely N-dealkylation sites (tertiary alicyclic amines) is 1. The van der Waals surface area contributed by atoms with E-state index in [4.69, 9.17) is 28.9 Å². The van der Waals surface area contributed by atoms with Crippen molar-refractivity contribution in [3.8, 4) is 11.5 Å². The minimum Gasteiger partial charge on any atom is -0.485 e. The Kier molecular flexibility index (Phi) is 7.20. The SMILES string of the molecule is COC(=O)c1ccc2nc(CN3CCC(c4cccc5c4O[C@H](c4nc6ccccc6s4)CO5)CC3)n(C[C@@H]3CCO3)c2c1. The van der Waals surface area contributed by atoms with E-state index in [1.807, 2.05) is 36.4 Å². The molecule has 2 saturated heterocycles. The van der Waals surface area contributed by atoms with Crippen molar-refractivity contribution in [1.82, 2.24) is 19.4 Å². The molecule has 10 heteroatoms. The fraction of sp³-hybridized carbons (Fsp3) is 0.382. The second kappa shape index (κ2) is 11.5. The predicted octanol–water partition coefficient (Wildman–Crippen LogP) is 6.11. The van der Waals surface area contributed by atoms with Gasteiger partial charge in [-0.05, 0) is 74.7 Å². The van der Waals surface area contributed by atoms with Crippen LogP contribution < -0.4 is 9.47 Å². The molecule has 8 rings (SSSR count). The molecular formula is C34H34N4O5S. The molecule has 0 saturated carbocycles. The number of hydrogen-bond acceptors (Lipinski definition) is 9. The molecule has 0 radical (unpaired) electrons. The number of methoxy groups -OCH3 is 1. The number of thiazole rings is 1. The quantitative estimate of drug-likeness (QED) is 0.204. The smallest absolute Gasteiger partial charge is 0.337 e. The molecule has 226 valence electrons. The van der Waals surface area contributed by atoms with E-state index in [-0.39, 0.29) is 18.2 Å². The van der Waals surface area contributed by atoms with Crippen LogP contribution in [0.1, 0.15) is 58.0 Å². The molecule has 0 aliphatic carbocycles. The van der Waals surface area contributed by atoms with Gasteiger partial charge >= 0.3 is 5.97 Å². The lowest BCUT2D eigenvalue weighted by molar-refractivity contribution is -0.0592. The van der Waals surface area contributed by atoms with Crippen LogP contribution in [0.3, 0.4) is 0 Å². The first-order chi connectivity index (χ1) is 21.6. The molecule has 5 heterocycles. The number of carbonyl (C=O) groups excluding carboxylic acids is 1. The van der Waals surface area contributed by atoms with Gasteiger partial charge in [0.05, 0.1) is 53.1 Å². The zero-order chi connectivity index (χ0) is 29.6. The van der Waals surface area contributed by atoms with E-state index >= 15 is 0 Å². The van der Waals surface area contributed by atoms with Gasteiger partial charge in [-0.3, -0.25) is 4.90 Å². The minimum absolute atomic E-state index is 0.178. The lowest BCUT2D eigenvalue weighted by Gasteiger charge is -2.34. The third-order valence-corrected chi connectivity index (χ3v) is 10.2. The van der Waals surface area contributed by atoms with E-state index in [0.29, 0.717) is 18.1 Å². The summed E-state index contributed by atoms with van der Waals surface area (Å²) in [6.45, 7) is 4.64. The first-order valence-electron chi connectivity index (χ1n) is 15.3. The Hall–Kier alpha value is -3.99. The van der Waals surface area contributed by atoms with Gasteiger partial charge in [-0.1, -0.05) is 24.3 Å². The molecule has 0 unspecified atom stereocenters.